The van der Waals surface area contributed by atoms with Crippen LogP contribution in [0.1, 0.15) is 44.9 Å². The average Bonchev–Trinajstić information content (AvgIpc) is 2.41. The first-order valence-corrected chi connectivity index (χ1v) is 6.70. The SMILES string of the molecule is N#CC1(NC(=O)C2CCCNC2)CCCCC1. The Bertz CT molecular complexity index is 309. The van der Waals surface area contributed by atoms with Gasteiger partial charge in [-0.1, -0.05) is 19.3 Å². The Morgan fingerprint density at radius 1 is 1.29 bits per heavy atom. The average molecular weight is 235 g/mol. The molecule has 1 saturated heterocycles. The maximum atomic E-state index is 12.1. The molecule has 0 aromatic carbocycles. The van der Waals surface area contributed by atoms with Crippen LogP contribution in [-0.2, 0) is 4.79 Å². The fourth-order valence-corrected chi connectivity index (χ4v) is 2.83. The third-order valence-electron chi connectivity index (χ3n) is 3.95. The number of carbonyl (C=O) groups is 1. The van der Waals surface area contributed by atoms with Gasteiger partial charge in [0.1, 0.15) is 5.54 Å². The Morgan fingerprint density at radius 3 is 2.65 bits per heavy atom. The molecule has 1 unspecified atom stereocenters. The summed E-state index contributed by atoms with van der Waals surface area (Å²) in [6.45, 7) is 1.76. The van der Waals surface area contributed by atoms with Crippen molar-refractivity contribution in [3.63, 3.8) is 0 Å². The molecular formula is C13H21N3O. The molecule has 1 saturated carbocycles. The van der Waals surface area contributed by atoms with Crippen molar-refractivity contribution in [2.75, 3.05) is 13.1 Å². The number of nitriles is 1. The summed E-state index contributed by atoms with van der Waals surface area (Å²) in [7, 11) is 0. The maximum absolute atomic E-state index is 12.1. The van der Waals surface area contributed by atoms with E-state index in [0.717, 1.165) is 51.6 Å². The second kappa shape index (κ2) is 5.50. The Hall–Kier alpha value is -1.08. The number of nitrogens with one attached hydrogen (secondary N) is 2. The van der Waals surface area contributed by atoms with Crippen molar-refractivity contribution in [2.24, 2.45) is 5.92 Å². The van der Waals surface area contributed by atoms with Crippen LogP contribution in [0.15, 0.2) is 0 Å². The number of nitrogens with zero attached hydrogens (tertiary/aromatic N) is 1. The van der Waals surface area contributed by atoms with E-state index in [-0.39, 0.29) is 11.8 Å². The molecule has 1 aliphatic heterocycles. The van der Waals surface area contributed by atoms with E-state index < -0.39 is 5.54 Å². The Balaban J connectivity index is 1.93. The van der Waals surface area contributed by atoms with Gasteiger partial charge in [-0.05, 0) is 32.2 Å². The van der Waals surface area contributed by atoms with Crippen molar-refractivity contribution in [1.29, 1.82) is 5.26 Å². The summed E-state index contributed by atoms with van der Waals surface area (Å²) >= 11 is 0. The Labute approximate surface area is 103 Å². The highest BCUT2D eigenvalue weighted by atomic mass is 16.2. The van der Waals surface area contributed by atoms with Crippen LogP contribution in [0, 0.1) is 17.2 Å². The van der Waals surface area contributed by atoms with Crippen LogP contribution in [-0.4, -0.2) is 24.5 Å². The van der Waals surface area contributed by atoms with Crippen molar-refractivity contribution >= 4 is 5.91 Å². The maximum Gasteiger partial charge on any atom is 0.225 e. The summed E-state index contributed by atoms with van der Waals surface area (Å²) in [5, 5.41) is 15.6. The highest BCUT2D eigenvalue weighted by molar-refractivity contribution is 5.80. The van der Waals surface area contributed by atoms with Crippen LogP contribution in [0.5, 0.6) is 0 Å². The predicted molar refractivity (Wildman–Crippen MR) is 65.2 cm³/mol. The second-order valence-corrected chi connectivity index (χ2v) is 5.29. The van der Waals surface area contributed by atoms with E-state index in [1.165, 1.54) is 6.42 Å². The molecule has 1 amide bonds. The smallest absolute Gasteiger partial charge is 0.225 e. The molecule has 0 spiro atoms. The zero-order valence-electron chi connectivity index (χ0n) is 10.3. The first-order chi connectivity index (χ1) is 8.26. The van der Waals surface area contributed by atoms with Gasteiger partial charge in [0.25, 0.3) is 0 Å². The molecule has 2 fully saturated rings. The van der Waals surface area contributed by atoms with Gasteiger partial charge in [0, 0.05) is 6.54 Å². The quantitative estimate of drug-likeness (QED) is 0.759. The zero-order chi connectivity index (χ0) is 12.1. The first-order valence-electron chi connectivity index (χ1n) is 6.70. The van der Waals surface area contributed by atoms with Crippen LogP contribution in [0.2, 0.25) is 0 Å². The minimum Gasteiger partial charge on any atom is -0.338 e. The lowest BCUT2D eigenvalue weighted by atomic mass is 9.82. The van der Waals surface area contributed by atoms with Gasteiger partial charge in [0.2, 0.25) is 5.91 Å². The van der Waals surface area contributed by atoms with Crippen LogP contribution in [0.3, 0.4) is 0 Å². The second-order valence-electron chi connectivity index (χ2n) is 5.29. The molecule has 0 bridgehead atoms. The number of hydrogen-bond donors (Lipinski definition) is 2. The van der Waals surface area contributed by atoms with Crippen LogP contribution in [0.25, 0.3) is 0 Å². The molecule has 2 aliphatic rings. The van der Waals surface area contributed by atoms with Gasteiger partial charge >= 0.3 is 0 Å². The highest BCUT2D eigenvalue weighted by Gasteiger charge is 2.35. The van der Waals surface area contributed by atoms with Crippen LogP contribution in [0.4, 0.5) is 0 Å². The zero-order valence-corrected chi connectivity index (χ0v) is 10.3. The van der Waals surface area contributed by atoms with Gasteiger partial charge in [-0.15, -0.1) is 0 Å². The van der Waals surface area contributed by atoms with E-state index in [9.17, 15) is 10.1 Å². The lowest BCUT2D eigenvalue weighted by molar-refractivity contribution is -0.127. The van der Waals surface area contributed by atoms with E-state index in [1.54, 1.807) is 0 Å². The Kier molecular flexibility index (Phi) is 4.01. The first kappa shape index (κ1) is 12.4. The van der Waals surface area contributed by atoms with E-state index in [4.69, 9.17) is 0 Å². The number of carbonyl (C=O) groups excluding carboxylic acids is 1. The van der Waals surface area contributed by atoms with Gasteiger partial charge in [0.05, 0.1) is 12.0 Å². The minimum atomic E-state index is -0.577. The summed E-state index contributed by atoms with van der Waals surface area (Å²) in [4.78, 5) is 12.1. The van der Waals surface area contributed by atoms with Crippen molar-refractivity contribution in [3.8, 4) is 6.07 Å². The molecule has 4 heteroatoms. The number of piperidine rings is 1. The van der Waals surface area contributed by atoms with E-state index >= 15 is 0 Å². The normalized spacial score (nSPS) is 28.1. The Morgan fingerprint density at radius 2 is 2.06 bits per heavy atom. The van der Waals surface area contributed by atoms with Gasteiger partial charge < -0.3 is 10.6 Å². The molecule has 1 aliphatic carbocycles. The van der Waals surface area contributed by atoms with Crippen molar-refractivity contribution in [3.05, 3.63) is 0 Å². The number of hydrogen-bond acceptors (Lipinski definition) is 3. The summed E-state index contributed by atoms with van der Waals surface area (Å²) in [6, 6.07) is 2.34. The van der Waals surface area contributed by atoms with Gasteiger partial charge in [-0.2, -0.15) is 5.26 Å². The van der Waals surface area contributed by atoms with Crippen LogP contribution >= 0.6 is 0 Å². The van der Waals surface area contributed by atoms with Crippen molar-refractivity contribution in [1.82, 2.24) is 10.6 Å². The molecule has 4 nitrogen and oxygen atoms in total. The molecule has 2 rings (SSSR count). The third kappa shape index (κ3) is 2.98. The standard InChI is InChI=1S/C13H21N3O/c14-10-13(6-2-1-3-7-13)16-12(17)11-5-4-8-15-9-11/h11,15H,1-9H2,(H,16,17). The van der Waals surface area contributed by atoms with Gasteiger partial charge in [0.15, 0.2) is 0 Å². The summed E-state index contributed by atoms with van der Waals surface area (Å²) in [5.74, 6) is 0.122. The number of rotatable bonds is 2. The molecule has 1 atom stereocenters. The summed E-state index contributed by atoms with van der Waals surface area (Å²) in [6.07, 6.45) is 6.92. The highest BCUT2D eigenvalue weighted by Crippen LogP contribution is 2.28. The van der Waals surface area contributed by atoms with Gasteiger partial charge in [-0.3, -0.25) is 4.79 Å². The van der Waals surface area contributed by atoms with Crippen LogP contribution < -0.4 is 10.6 Å². The molecular weight excluding hydrogens is 214 g/mol. The molecule has 0 radical (unpaired) electrons. The molecule has 2 N–H and O–H groups in total. The third-order valence-corrected chi connectivity index (χ3v) is 3.95. The largest absolute Gasteiger partial charge is 0.338 e. The van der Waals surface area contributed by atoms with Crippen molar-refractivity contribution in [2.45, 2.75) is 50.5 Å². The summed E-state index contributed by atoms with van der Waals surface area (Å²) in [5.41, 5.74) is -0.577. The molecule has 1 heterocycles. The molecule has 94 valence electrons. The van der Waals surface area contributed by atoms with Crippen molar-refractivity contribution < 1.29 is 4.79 Å². The number of amides is 1. The fraction of sp³-hybridized carbons (Fsp3) is 0.846. The summed E-state index contributed by atoms with van der Waals surface area (Å²) < 4.78 is 0. The molecule has 0 aromatic rings. The van der Waals surface area contributed by atoms with E-state index in [2.05, 4.69) is 16.7 Å². The lowest BCUT2D eigenvalue weighted by Gasteiger charge is -2.33. The monoisotopic (exact) mass is 235 g/mol. The predicted octanol–water partition coefficient (Wildman–Crippen LogP) is 1.33. The fourth-order valence-electron chi connectivity index (χ4n) is 2.83. The van der Waals surface area contributed by atoms with E-state index in [1.807, 2.05) is 0 Å². The minimum absolute atomic E-state index is 0.0518. The van der Waals surface area contributed by atoms with Gasteiger partial charge in [-0.25, -0.2) is 0 Å². The lowest BCUT2D eigenvalue weighted by Crippen LogP contribution is -2.52. The molecule has 17 heavy (non-hydrogen) atoms. The van der Waals surface area contributed by atoms with E-state index in [0.29, 0.717) is 0 Å². The topological polar surface area (TPSA) is 64.9 Å². The molecule has 0 aromatic heterocycles.